The molecule has 0 aliphatic rings. The van der Waals surface area contributed by atoms with Gasteiger partial charge in [-0.2, -0.15) is 5.26 Å². The predicted octanol–water partition coefficient (Wildman–Crippen LogP) is 3.47. The molecule has 2 nitrogen and oxygen atoms in total. The highest BCUT2D eigenvalue weighted by atomic mass is 31.2. The lowest BCUT2D eigenvalue weighted by molar-refractivity contribution is 0.571. The second-order valence-corrected chi connectivity index (χ2v) is 7.08. The first-order valence-electron chi connectivity index (χ1n) is 5.12. The minimum atomic E-state index is -1.90. The van der Waals surface area contributed by atoms with Gasteiger partial charge in [0.2, 0.25) is 0 Å². The normalized spacial score (nSPS) is 14.8. The van der Waals surface area contributed by atoms with Gasteiger partial charge in [0.05, 0.1) is 13.2 Å². The van der Waals surface area contributed by atoms with Gasteiger partial charge in [0.1, 0.15) is 0 Å². The molecule has 0 bridgehead atoms. The lowest BCUT2D eigenvalue weighted by Crippen LogP contribution is -1.98. The molecule has 0 aliphatic carbocycles. The summed E-state index contributed by atoms with van der Waals surface area (Å²) in [6.07, 6.45) is 6.00. The first-order valence-corrected chi connectivity index (χ1v) is 7.39. The molecule has 0 radical (unpaired) electrons. The van der Waals surface area contributed by atoms with Crippen LogP contribution in [0.25, 0.3) is 0 Å². The molecule has 0 rings (SSSR count). The Bertz CT molecular complexity index is 207. The summed E-state index contributed by atoms with van der Waals surface area (Å²) in [5.41, 5.74) is 0. The van der Waals surface area contributed by atoms with Gasteiger partial charge in [-0.3, -0.25) is 0 Å². The highest BCUT2D eigenvalue weighted by Gasteiger charge is 2.17. The first kappa shape index (κ1) is 12.7. The molecule has 0 N–H and O–H groups in total. The Morgan fingerprint density at radius 1 is 1.23 bits per heavy atom. The maximum Gasteiger partial charge on any atom is 0.0875 e. The Kier molecular flexibility index (Phi) is 7.00. The van der Waals surface area contributed by atoms with Crippen LogP contribution in [0.15, 0.2) is 0 Å². The second-order valence-electron chi connectivity index (χ2n) is 3.44. The van der Waals surface area contributed by atoms with Crippen molar-refractivity contribution in [3.05, 3.63) is 0 Å². The Morgan fingerprint density at radius 2 is 1.85 bits per heavy atom. The smallest absolute Gasteiger partial charge is 0.0875 e. The van der Waals surface area contributed by atoms with Crippen molar-refractivity contribution in [3.63, 3.8) is 0 Å². The highest BCUT2D eigenvalue weighted by Crippen LogP contribution is 2.46. The quantitative estimate of drug-likeness (QED) is 0.467. The predicted molar refractivity (Wildman–Crippen MR) is 57.6 cm³/mol. The minimum Gasteiger partial charge on any atom is -0.324 e. The molecule has 0 aliphatic heterocycles. The van der Waals surface area contributed by atoms with Crippen molar-refractivity contribution in [1.82, 2.24) is 0 Å². The summed E-state index contributed by atoms with van der Waals surface area (Å²) in [5.74, 6) is 0. The van der Waals surface area contributed by atoms with E-state index in [0.29, 0.717) is 6.42 Å². The summed E-state index contributed by atoms with van der Waals surface area (Å²) in [5, 5.41) is 8.37. The van der Waals surface area contributed by atoms with Crippen molar-refractivity contribution in [2.24, 2.45) is 0 Å². The number of rotatable bonds is 7. The Morgan fingerprint density at radius 3 is 2.31 bits per heavy atom. The Balaban J connectivity index is 3.83. The van der Waals surface area contributed by atoms with Crippen molar-refractivity contribution in [2.75, 3.05) is 18.5 Å². The molecule has 0 fully saturated rings. The van der Waals surface area contributed by atoms with Crippen LogP contribution < -0.4 is 0 Å². The fraction of sp³-hybridized carbons (Fsp3) is 0.900. The van der Waals surface area contributed by atoms with E-state index < -0.39 is 7.14 Å². The molecule has 0 aromatic carbocycles. The van der Waals surface area contributed by atoms with Gasteiger partial charge < -0.3 is 4.57 Å². The molecular weight excluding hydrogens is 181 g/mol. The van der Waals surface area contributed by atoms with Gasteiger partial charge in [-0.25, -0.2) is 0 Å². The number of nitrogens with zero attached hydrogens (tertiary/aromatic N) is 1. The van der Waals surface area contributed by atoms with Crippen molar-refractivity contribution in [3.8, 4) is 6.07 Å². The average molecular weight is 201 g/mol. The van der Waals surface area contributed by atoms with Gasteiger partial charge in [0.25, 0.3) is 0 Å². The van der Waals surface area contributed by atoms with Gasteiger partial charge in [-0.05, 0) is 19.0 Å². The standard InChI is InChI=1S/C10H20NOP/c1-3-5-9-13(12,4-2)10-7-6-8-11/h3-7,9-10H2,1-2H3. The third-order valence-corrected chi connectivity index (χ3v) is 5.76. The zero-order chi connectivity index (χ0) is 10.2. The lowest BCUT2D eigenvalue weighted by atomic mass is 10.4. The fourth-order valence-corrected chi connectivity index (χ4v) is 3.80. The Labute approximate surface area is 81.7 Å². The minimum absolute atomic E-state index is 0.552. The van der Waals surface area contributed by atoms with Crippen LogP contribution in [-0.2, 0) is 4.57 Å². The van der Waals surface area contributed by atoms with Crippen molar-refractivity contribution in [2.45, 2.75) is 39.5 Å². The van der Waals surface area contributed by atoms with Crippen LogP contribution in [0.4, 0.5) is 0 Å². The van der Waals surface area contributed by atoms with Gasteiger partial charge in [-0.1, -0.05) is 20.3 Å². The van der Waals surface area contributed by atoms with E-state index in [1.54, 1.807) is 0 Å². The molecule has 0 heterocycles. The number of hydrogen-bond acceptors (Lipinski definition) is 2. The number of unbranched alkanes of at least 4 members (excludes halogenated alkanes) is 2. The summed E-state index contributed by atoms with van der Waals surface area (Å²) in [6.45, 7) is 4.12. The second kappa shape index (κ2) is 7.15. The molecule has 0 spiro atoms. The van der Waals surface area contributed by atoms with Crippen LogP contribution in [0.3, 0.4) is 0 Å². The number of hydrogen-bond donors (Lipinski definition) is 0. The van der Waals surface area contributed by atoms with Crippen LogP contribution in [0, 0.1) is 11.3 Å². The molecule has 1 unspecified atom stereocenters. The topological polar surface area (TPSA) is 40.9 Å². The molecule has 0 amide bonds. The van der Waals surface area contributed by atoms with E-state index >= 15 is 0 Å². The number of nitriles is 1. The van der Waals surface area contributed by atoms with E-state index in [-0.39, 0.29) is 0 Å². The molecular formula is C10H20NOP. The molecule has 1 atom stereocenters. The summed E-state index contributed by atoms with van der Waals surface area (Å²) in [7, 11) is -1.90. The van der Waals surface area contributed by atoms with E-state index in [2.05, 4.69) is 13.0 Å². The maximum absolute atomic E-state index is 12.1. The lowest BCUT2D eigenvalue weighted by Gasteiger charge is -2.14. The fourth-order valence-electron chi connectivity index (χ4n) is 1.32. The molecule has 13 heavy (non-hydrogen) atoms. The van der Waals surface area contributed by atoms with Crippen LogP contribution in [-0.4, -0.2) is 18.5 Å². The summed E-state index contributed by atoms with van der Waals surface area (Å²) in [4.78, 5) is 0. The molecule has 0 saturated carbocycles. The zero-order valence-corrected chi connectivity index (χ0v) is 9.65. The molecule has 0 aromatic heterocycles. The molecule has 0 aromatic rings. The largest absolute Gasteiger partial charge is 0.324 e. The van der Waals surface area contributed by atoms with Crippen molar-refractivity contribution >= 4 is 7.14 Å². The highest BCUT2D eigenvalue weighted by molar-refractivity contribution is 7.63. The summed E-state index contributed by atoms with van der Waals surface area (Å²) in [6, 6.07) is 2.10. The van der Waals surface area contributed by atoms with Crippen LogP contribution in [0.2, 0.25) is 0 Å². The van der Waals surface area contributed by atoms with Crippen LogP contribution in [0.1, 0.15) is 39.5 Å². The monoisotopic (exact) mass is 201 g/mol. The van der Waals surface area contributed by atoms with E-state index in [1.165, 1.54) is 0 Å². The molecule has 76 valence electrons. The third-order valence-electron chi connectivity index (χ3n) is 2.35. The zero-order valence-electron chi connectivity index (χ0n) is 8.75. The van der Waals surface area contributed by atoms with E-state index in [0.717, 1.165) is 37.7 Å². The van der Waals surface area contributed by atoms with Gasteiger partial charge in [0, 0.05) is 18.7 Å². The van der Waals surface area contributed by atoms with E-state index in [9.17, 15) is 4.57 Å². The first-order chi connectivity index (χ1) is 6.18. The molecule has 3 heteroatoms. The maximum atomic E-state index is 12.1. The van der Waals surface area contributed by atoms with E-state index in [1.807, 2.05) is 6.92 Å². The molecule has 0 saturated heterocycles. The van der Waals surface area contributed by atoms with Crippen LogP contribution in [0.5, 0.6) is 0 Å². The van der Waals surface area contributed by atoms with Crippen molar-refractivity contribution in [1.29, 1.82) is 5.26 Å². The SMILES string of the molecule is CCCCP(=O)(CC)CCCC#N. The average Bonchev–Trinajstić information content (AvgIpc) is 2.15. The van der Waals surface area contributed by atoms with Gasteiger partial charge >= 0.3 is 0 Å². The van der Waals surface area contributed by atoms with E-state index in [4.69, 9.17) is 5.26 Å². The summed E-state index contributed by atoms with van der Waals surface area (Å²) < 4.78 is 12.1. The van der Waals surface area contributed by atoms with Gasteiger partial charge in [-0.15, -0.1) is 0 Å². The third kappa shape index (κ3) is 5.88. The summed E-state index contributed by atoms with van der Waals surface area (Å²) >= 11 is 0. The van der Waals surface area contributed by atoms with Crippen molar-refractivity contribution < 1.29 is 4.57 Å². The Hall–Kier alpha value is -0.280. The van der Waals surface area contributed by atoms with Crippen LogP contribution >= 0.6 is 7.14 Å². The van der Waals surface area contributed by atoms with Gasteiger partial charge in [0.15, 0.2) is 0 Å².